The van der Waals surface area contributed by atoms with Gasteiger partial charge in [0.2, 0.25) is 0 Å². The predicted octanol–water partition coefficient (Wildman–Crippen LogP) is 2.51. The fourth-order valence-corrected chi connectivity index (χ4v) is 2.49. The first-order chi connectivity index (χ1) is 11.5. The molecule has 0 aliphatic rings. The van der Waals surface area contributed by atoms with Gasteiger partial charge in [-0.3, -0.25) is 4.79 Å². The molecule has 0 saturated heterocycles. The third kappa shape index (κ3) is 2.81. The molecule has 0 fully saturated rings. The van der Waals surface area contributed by atoms with E-state index in [-0.39, 0.29) is 16.4 Å². The minimum atomic E-state index is -0.658. The van der Waals surface area contributed by atoms with Gasteiger partial charge in [0.25, 0.3) is 5.56 Å². The Labute approximate surface area is 141 Å². The summed E-state index contributed by atoms with van der Waals surface area (Å²) in [6, 6.07) is 8.66. The number of methoxy groups -OCH3 is 1. The number of carbonyl (C=O) groups is 1. The lowest BCUT2D eigenvalue weighted by Crippen LogP contribution is -2.17. The summed E-state index contributed by atoms with van der Waals surface area (Å²) in [6.45, 7) is 0. The third-order valence-corrected chi connectivity index (χ3v) is 3.71. The van der Waals surface area contributed by atoms with Gasteiger partial charge in [-0.05, 0) is 17.5 Å². The molecule has 2 heterocycles. The van der Waals surface area contributed by atoms with Crippen LogP contribution in [0.5, 0.6) is 0 Å². The summed E-state index contributed by atoms with van der Waals surface area (Å²) in [5, 5.41) is 11.8. The molecule has 0 atom stereocenters. The SMILES string of the molecule is COC(=O)c1nnc(Cl)cc1Nc1cccc2ccn(C)c(=O)c12. The second-order valence-corrected chi connectivity index (χ2v) is 5.43. The van der Waals surface area contributed by atoms with Crippen molar-refractivity contribution in [3.05, 3.63) is 57.7 Å². The van der Waals surface area contributed by atoms with E-state index < -0.39 is 5.97 Å². The van der Waals surface area contributed by atoms with Crippen LogP contribution in [0.1, 0.15) is 10.5 Å². The normalized spacial score (nSPS) is 10.6. The van der Waals surface area contributed by atoms with E-state index in [1.807, 2.05) is 12.1 Å². The summed E-state index contributed by atoms with van der Waals surface area (Å²) in [5.74, 6) is -0.658. The number of aryl methyl sites for hydroxylation is 1. The second-order valence-electron chi connectivity index (χ2n) is 5.05. The highest BCUT2D eigenvalue weighted by molar-refractivity contribution is 6.29. The minimum Gasteiger partial charge on any atom is -0.464 e. The fourth-order valence-electron chi connectivity index (χ4n) is 2.34. The molecule has 0 amide bonds. The van der Waals surface area contributed by atoms with Crippen molar-refractivity contribution in [3.8, 4) is 0 Å². The molecular formula is C16H13ClN4O3. The maximum absolute atomic E-state index is 12.5. The number of rotatable bonds is 3. The topological polar surface area (TPSA) is 86.1 Å². The lowest BCUT2D eigenvalue weighted by atomic mass is 10.1. The molecule has 8 heteroatoms. The van der Waals surface area contributed by atoms with Crippen LogP contribution < -0.4 is 10.9 Å². The quantitative estimate of drug-likeness (QED) is 0.735. The molecule has 3 aromatic rings. The number of aromatic nitrogens is 3. The van der Waals surface area contributed by atoms with Crippen molar-refractivity contribution in [2.24, 2.45) is 7.05 Å². The van der Waals surface area contributed by atoms with E-state index in [0.717, 1.165) is 5.39 Å². The van der Waals surface area contributed by atoms with Gasteiger partial charge in [-0.2, -0.15) is 0 Å². The van der Waals surface area contributed by atoms with Gasteiger partial charge >= 0.3 is 5.97 Å². The van der Waals surface area contributed by atoms with Crippen LogP contribution in [0, 0.1) is 0 Å². The maximum atomic E-state index is 12.5. The molecule has 1 N–H and O–H groups in total. The molecule has 2 aromatic heterocycles. The molecule has 7 nitrogen and oxygen atoms in total. The highest BCUT2D eigenvalue weighted by atomic mass is 35.5. The summed E-state index contributed by atoms with van der Waals surface area (Å²) in [7, 11) is 2.92. The fraction of sp³-hybridized carbons (Fsp3) is 0.125. The molecule has 122 valence electrons. The van der Waals surface area contributed by atoms with Gasteiger partial charge in [0, 0.05) is 19.3 Å². The van der Waals surface area contributed by atoms with Crippen LogP contribution >= 0.6 is 11.6 Å². The van der Waals surface area contributed by atoms with Crippen molar-refractivity contribution in [2.75, 3.05) is 12.4 Å². The second kappa shape index (κ2) is 6.29. The van der Waals surface area contributed by atoms with Gasteiger partial charge in [-0.15, -0.1) is 10.2 Å². The molecule has 0 unspecified atom stereocenters. The summed E-state index contributed by atoms with van der Waals surface area (Å²) >= 11 is 5.87. The predicted molar refractivity (Wildman–Crippen MR) is 90.9 cm³/mol. The number of anilines is 2. The molecule has 1 aromatic carbocycles. The Morgan fingerprint density at radius 1 is 1.25 bits per heavy atom. The summed E-state index contributed by atoms with van der Waals surface area (Å²) in [6.07, 6.45) is 1.69. The molecule has 0 aliphatic carbocycles. The molecule has 24 heavy (non-hydrogen) atoms. The number of pyridine rings is 1. The van der Waals surface area contributed by atoms with E-state index in [4.69, 9.17) is 16.3 Å². The smallest absolute Gasteiger partial charge is 0.360 e. The zero-order valence-electron chi connectivity index (χ0n) is 12.9. The monoisotopic (exact) mass is 344 g/mol. The highest BCUT2D eigenvalue weighted by Crippen LogP contribution is 2.26. The number of fused-ring (bicyclic) bond motifs is 1. The van der Waals surface area contributed by atoms with Gasteiger partial charge in [0.15, 0.2) is 10.8 Å². The molecule has 0 bridgehead atoms. The van der Waals surface area contributed by atoms with Gasteiger partial charge < -0.3 is 14.6 Å². The zero-order valence-corrected chi connectivity index (χ0v) is 13.7. The van der Waals surface area contributed by atoms with E-state index in [0.29, 0.717) is 16.8 Å². The van der Waals surface area contributed by atoms with Crippen molar-refractivity contribution in [1.29, 1.82) is 0 Å². The maximum Gasteiger partial charge on any atom is 0.360 e. The van der Waals surface area contributed by atoms with E-state index >= 15 is 0 Å². The Hall–Kier alpha value is -2.93. The molecular weight excluding hydrogens is 332 g/mol. The third-order valence-electron chi connectivity index (χ3n) is 3.52. The minimum absolute atomic E-state index is 0.0216. The summed E-state index contributed by atoms with van der Waals surface area (Å²) in [5.41, 5.74) is 0.651. The lowest BCUT2D eigenvalue weighted by Gasteiger charge is -2.12. The van der Waals surface area contributed by atoms with Crippen molar-refractivity contribution in [2.45, 2.75) is 0 Å². The average Bonchev–Trinajstić information content (AvgIpc) is 2.58. The number of halogens is 1. The zero-order chi connectivity index (χ0) is 17.3. The first-order valence-electron chi connectivity index (χ1n) is 6.98. The Balaban J connectivity index is 2.18. The Kier molecular flexibility index (Phi) is 4.18. The lowest BCUT2D eigenvalue weighted by molar-refractivity contribution is 0.0594. The summed E-state index contributed by atoms with van der Waals surface area (Å²) in [4.78, 5) is 24.3. The van der Waals surface area contributed by atoms with E-state index in [1.165, 1.54) is 17.7 Å². The average molecular weight is 345 g/mol. The van der Waals surface area contributed by atoms with Crippen molar-refractivity contribution in [3.63, 3.8) is 0 Å². The number of benzene rings is 1. The van der Waals surface area contributed by atoms with Gasteiger partial charge in [-0.25, -0.2) is 4.79 Å². The highest BCUT2D eigenvalue weighted by Gasteiger charge is 2.17. The summed E-state index contributed by atoms with van der Waals surface area (Å²) < 4.78 is 6.17. The molecule has 0 radical (unpaired) electrons. The number of nitrogens with one attached hydrogen (secondary N) is 1. The van der Waals surface area contributed by atoms with Crippen LogP contribution in [-0.2, 0) is 11.8 Å². The van der Waals surface area contributed by atoms with E-state index in [9.17, 15) is 9.59 Å². The molecule has 0 spiro atoms. The number of ether oxygens (including phenoxy) is 1. The van der Waals surface area contributed by atoms with Crippen molar-refractivity contribution < 1.29 is 9.53 Å². The van der Waals surface area contributed by atoms with Crippen molar-refractivity contribution >= 4 is 39.7 Å². The number of esters is 1. The van der Waals surface area contributed by atoms with Crippen LogP contribution in [0.2, 0.25) is 5.15 Å². The standard InChI is InChI=1S/C16H13ClN4O3/c1-21-7-6-9-4-3-5-10(13(9)15(21)22)18-11-8-12(17)19-20-14(11)16(23)24-2/h3-8H,1-2H3,(H,18,19). The molecule has 0 aliphatic heterocycles. The van der Waals surface area contributed by atoms with E-state index in [2.05, 4.69) is 15.5 Å². The van der Waals surface area contributed by atoms with E-state index in [1.54, 1.807) is 25.4 Å². The first-order valence-corrected chi connectivity index (χ1v) is 7.36. The molecule has 3 rings (SSSR count). The number of carbonyl (C=O) groups excluding carboxylic acids is 1. The Morgan fingerprint density at radius 3 is 2.79 bits per heavy atom. The number of hydrogen-bond acceptors (Lipinski definition) is 6. The van der Waals surface area contributed by atoms with Crippen LogP contribution in [0.25, 0.3) is 10.8 Å². The van der Waals surface area contributed by atoms with Crippen LogP contribution in [-0.4, -0.2) is 27.8 Å². The van der Waals surface area contributed by atoms with Gasteiger partial charge in [0.1, 0.15) is 0 Å². The van der Waals surface area contributed by atoms with Crippen LogP contribution in [0.4, 0.5) is 11.4 Å². The first kappa shape index (κ1) is 15.9. The van der Waals surface area contributed by atoms with Crippen LogP contribution in [0.3, 0.4) is 0 Å². The number of nitrogens with zero attached hydrogens (tertiary/aromatic N) is 3. The van der Waals surface area contributed by atoms with Crippen molar-refractivity contribution in [1.82, 2.24) is 14.8 Å². The Bertz CT molecular complexity index is 1000. The van der Waals surface area contributed by atoms with Crippen LogP contribution in [0.15, 0.2) is 41.3 Å². The largest absolute Gasteiger partial charge is 0.464 e. The van der Waals surface area contributed by atoms with Gasteiger partial charge in [0.05, 0.1) is 23.9 Å². The van der Waals surface area contributed by atoms with Gasteiger partial charge in [-0.1, -0.05) is 23.7 Å². The number of hydrogen-bond donors (Lipinski definition) is 1. The molecule has 0 saturated carbocycles. The Morgan fingerprint density at radius 2 is 2.04 bits per heavy atom.